The van der Waals surface area contributed by atoms with E-state index in [1.807, 2.05) is 18.2 Å². The van der Waals surface area contributed by atoms with E-state index < -0.39 is 0 Å². The summed E-state index contributed by atoms with van der Waals surface area (Å²) in [5.74, 6) is 0.952. The summed E-state index contributed by atoms with van der Waals surface area (Å²) >= 11 is 0. The van der Waals surface area contributed by atoms with Crippen LogP contribution in [0.4, 0.5) is 0 Å². The molecule has 0 aromatic heterocycles. The average Bonchev–Trinajstić information content (AvgIpc) is 2.42. The average molecular weight is 260 g/mol. The van der Waals surface area contributed by atoms with Crippen LogP contribution in [0, 0.1) is 16.7 Å². The molecule has 1 aromatic carbocycles. The van der Waals surface area contributed by atoms with E-state index in [2.05, 4.69) is 31.3 Å². The van der Waals surface area contributed by atoms with E-state index in [0.29, 0.717) is 6.42 Å². The van der Waals surface area contributed by atoms with Crippen molar-refractivity contribution in [2.45, 2.75) is 33.1 Å². The molecule has 104 valence electrons. The van der Waals surface area contributed by atoms with Crippen molar-refractivity contribution in [2.75, 3.05) is 20.2 Å². The number of benzene rings is 1. The Bertz CT molecular complexity index is 421. The summed E-state index contributed by atoms with van der Waals surface area (Å²) < 4.78 is 5.33. The molecule has 0 fully saturated rings. The number of rotatable bonds is 8. The number of nitrogens with zero attached hydrogens (tertiary/aromatic N) is 1. The molecule has 1 rings (SSSR count). The van der Waals surface area contributed by atoms with Gasteiger partial charge in [-0.25, -0.2) is 0 Å². The van der Waals surface area contributed by atoms with Crippen molar-refractivity contribution in [1.29, 1.82) is 5.26 Å². The zero-order valence-corrected chi connectivity index (χ0v) is 12.2. The monoisotopic (exact) mass is 260 g/mol. The fraction of sp³-hybridized carbons (Fsp3) is 0.562. The number of nitrogens with one attached hydrogen (secondary N) is 1. The molecule has 0 radical (unpaired) electrons. The van der Waals surface area contributed by atoms with Gasteiger partial charge in [0.05, 0.1) is 13.2 Å². The Kier molecular flexibility index (Phi) is 6.38. The molecule has 0 atom stereocenters. The van der Waals surface area contributed by atoms with E-state index in [1.54, 1.807) is 7.11 Å². The van der Waals surface area contributed by atoms with Gasteiger partial charge in [-0.1, -0.05) is 32.0 Å². The fourth-order valence-corrected chi connectivity index (χ4v) is 2.04. The van der Waals surface area contributed by atoms with Crippen LogP contribution in [0.25, 0.3) is 0 Å². The molecule has 0 bridgehead atoms. The summed E-state index contributed by atoms with van der Waals surface area (Å²) in [6.07, 6.45) is 2.52. The fourth-order valence-electron chi connectivity index (χ4n) is 2.04. The lowest BCUT2D eigenvalue weighted by Gasteiger charge is -2.23. The SMILES string of the molecule is COc1ccccc1CCNCC(C)(C)CCC#N. The number of para-hydroxylation sites is 1. The summed E-state index contributed by atoms with van der Waals surface area (Å²) in [5.41, 5.74) is 1.41. The van der Waals surface area contributed by atoms with Crippen molar-refractivity contribution in [1.82, 2.24) is 5.32 Å². The molecular formula is C16H24N2O. The molecule has 0 saturated heterocycles. The quantitative estimate of drug-likeness (QED) is 0.730. The van der Waals surface area contributed by atoms with Crippen LogP contribution in [0.1, 0.15) is 32.3 Å². The summed E-state index contributed by atoms with van der Waals surface area (Å²) in [6.45, 7) is 6.25. The molecule has 0 aliphatic carbocycles. The van der Waals surface area contributed by atoms with Crippen LogP contribution in [0.5, 0.6) is 5.75 Å². The maximum absolute atomic E-state index is 8.62. The molecule has 3 heteroatoms. The Morgan fingerprint density at radius 1 is 1.32 bits per heavy atom. The first-order valence-electron chi connectivity index (χ1n) is 6.78. The lowest BCUT2D eigenvalue weighted by Crippen LogP contribution is -2.30. The Hall–Kier alpha value is -1.53. The highest BCUT2D eigenvalue weighted by atomic mass is 16.5. The first-order valence-corrected chi connectivity index (χ1v) is 6.78. The molecule has 0 unspecified atom stereocenters. The maximum Gasteiger partial charge on any atom is 0.122 e. The minimum atomic E-state index is 0.177. The number of nitriles is 1. The predicted octanol–water partition coefficient (Wildman–Crippen LogP) is 3.16. The largest absolute Gasteiger partial charge is 0.496 e. The van der Waals surface area contributed by atoms with Gasteiger partial charge in [0.25, 0.3) is 0 Å². The zero-order chi connectivity index (χ0) is 14.1. The van der Waals surface area contributed by atoms with E-state index >= 15 is 0 Å². The first-order chi connectivity index (χ1) is 9.09. The normalized spacial score (nSPS) is 11.1. The molecule has 19 heavy (non-hydrogen) atoms. The second-order valence-corrected chi connectivity index (χ2v) is 5.56. The molecule has 0 heterocycles. The van der Waals surface area contributed by atoms with Gasteiger partial charge in [0.1, 0.15) is 5.75 Å². The third-order valence-electron chi connectivity index (χ3n) is 3.28. The van der Waals surface area contributed by atoms with E-state index in [-0.39, 0.29) is 5.41 Å². The van der Waals surface area contributed by atoms with Gasteiger partial charge in [-0.2, -0.15) is 5.26 Å². The van der Waals surface area contributed by atoms with Gasteiger partial charge in [0, 0.05) is 13.0 Å². The summed E-state index contributed by atoms with van der Waals surface area (Å²) in [7, 11) is 1.71. The molecule has 0 saturated carbocycles. The van der Waals surface area contributed by atoms with Gasteiger partial charge in [-0.05, 0) is 36.4 Å². The van der Waals surface area contributed by atoms with Crippen LogP contribution in [0.15, 0.2) is 24.3 Å². The predicted molar refractivity (Wildman–Crippen MR) is 78.2 cm³/mol. The lowest BCUT2D eigenvalue weighted by atomic mass is 9.88. The first kappa shape index (κ1) is 15.5. The Morgan fingerprint density at radius 2 is 2.05 bits per heavy atom. The number of hydrogen-bond acceptors (Lipinski definition) is 3. The second kappa shape index (κ2) is 7.81. The van der Waals surface area contributed by atoms with Gasteiger partial charge in [0.2, 0.25) is 0 Å². The summed E-state index contributed by atoms with van der Waals surface area (Å²) in [4.78, 5) is 0. The number of hydrogen-bond donors (Lipinski definition) is 1. The van der Waals surface area contributed by atoms with Crippen molar-refractivity contribution in [3.05, 3.63) is 29.8 Å². The number of ether oxygens (including phenoxy) is 1. The van der Waals surface area contributed by atoms with Crippen LogP contribution in [-0.4, -0.2) is 20.2 Å². The van der Waals surface area contributed by atoms with Gasteiger partial charge < -0.3 is 10.1 Å². The van der Waals surface area contributed by atoms with E-state index in [1.165, 1.54) is 5.56 Å². The topological polar surface area (TPSA) is 45.0 Å². The molecular weight excluding hydrogens is 236 g/mol. The Morgan fingerprint density at radius 3 is 2.74 bits per heavy atom. The van der Waals surface area contributed by atoms with Gasteiger partial charge in [-0.15, -0.1) is 0 Å². The lowest BCUT2D eigenvalue weighted by molar-refractivity contribution is 0.319. The highest BCUT2D eigenvalue weighted by Gasteiger charge is 2.16. The van der Waals surface area contributed by atoms with E-state index in [0.717, 1.165) is 31.7 Å². The van der Waals surface area contributed by atoms with E-state index in [9.17, 15) is 0 Å². The third kappa shape index (κ3) is 5.76. The van der Waals surface area contributed by atoms with Crippen molar-refractivity contribution < 1.29 is 4.74 Å². The van der Waals surface area contributed by atoms with Crippen LogP contribution >= 0.6 is 0 Å². The number of methoxy groups -OCH3 is 1. The molecule has 0 aliphatic rings. The van der Waals surface area contributed by atoms with Crippen LogP contribution < -0.4 is 10.1 Å². The van der Waals surface area contributed by atoms with Crippen molar-refractivity contribution in [3.63, 3.8) is 0 Å². The Balaban J connectivity index is 2.33. The van der Waals surface area contributed by atoms with Crippen LogP contribution in [0.2, 0.25) is 0 Å². The summed E-state index contributed by atoms with van der Waals surface area (Å²) in [6, 6.07) is 10.3. The van der Waals surface area contributed by atoms with Crippen LogP contribution in [0.3, 0.4) is 0 Å². The van der Waals surface area contributed by atoms with Gasteiger partial charge in [-0.3, -0.25) is 0 Å². The van der Waals surface area contributed by atoms with Crippen molar-refractivity contribution in [3.8, 4) is 11.8 Å². The van der Waals surface area contributed by atoms with Crippen molar-refractivity contribution >= 4 is 0 Å². The molecule has 1 N–H and O–H groups in total. The van der Waals surface area contributed by atoms with E-state index in [4.69, 9.17) is 10.00 Å². The maximum atomic E-state index is 8.62. The molecule has 0 aliphatic heterocycles. The minimum absolute atomic E-state index is 0.177. The molecule has 0 amide bonds. The minimum Gasteiger partial charge on any atom is -0.496 e. The molecule has 0 spiro atoms. The standard InChI is InChI=1S/C16H24N2O/c1-16(2,10-6-11-17)13-18-12-9-14-7-4-5-8-15(14)19-3/h4-5,7-8,18H,6,9-10,12-13H2,1-3H3. The van der Waals surface area contributed by atoms with Gasteiger partial charge >= 0.3 is 0 Å². The third-order valence-corrected chi connectivity index (χ3v) is 3.28. The Labute approximate surface area is 116 Å². The second-order valence-electron chi connectivity index (χ2n) is 5.56. The summed E-state index contributed by atoms with van der Waals surface area (Å²) in [5, 5.41) is 12.1. The highest BCUT2D eigenvalue weighted by Crippen LogP contribution is 2.21. The van der Waals surface area contributed by atoms with Crippen molar-refractivity contribution in [2.24, 2.45) is 5.41 Å². The smallest absolute Gasteiger partial charge is 0.122 e. The molecule has 1 aromatic rings. The molecule has 3 nitrogen and oxygen atoms in total. The van der Waals surface area contributed by atoms with Crippen LogP contribution in [-0.2, 0) is 6.42 Å². The highest BCUT2D eigenvalue weighted by molar-refractivity contribution is 5.33. The zero-order valence-electron chi connectivity index (χ0n) is 12.2. The van der Waals surface area contributed by atoms with Gasteiger partial charge in [0.15, 0.2) is 0 Å².